The SMILES string of the molecule is O=C(NCCCN1CCNCC1)c1ccc2[nH]c(-c3n[nH]cc3NC(=O)c3c(F)cccc3F)nc2c1. The van der Waals surface area contributed by atoms with E-state index in [-0.39, 0.29) is 17.3 Å². The number of carbonyl (C=O) groups is 2. The second-order valence-corrected chi connectivity index (χ2v) is 8.72. The maximum atomic E-state index is 14.0. The summed E-state index contributed by atoms with van der Waals surface area (Å²) < 4.78 is 28.0. The van der Waals surface area contributed by atoms with E-state index in [9.17, 15) is 18.4 Å². The Bertz CT molecular complexity index is 1410. The Balaban J connectivity index is 1.25. The zero-order chi connectivity index (χ0) is 25.8. The second-order valence-electron chi connectivity index (χ2n) is 8.72. The van der Waals surface area contributed by atoms with Crippen molar-refractivity contribution in [2.45, 2.75) is 6.42 Å². The maximum absolute atomic E-state index is 14.0. The highest BCUT2D eigenvalue weighted by Gasteiger charge is 2.21. The molecule has 1 aliphatic heterocycles. The fraction of sp³-hybridized carbons (Fsp3) is 0.280. The molecule has 10 nitrogen and oxygen atoms in total. The highest BCUT2D eigenvalue weighted by molar-refractivity contribution is 6.06. The average molecular weight is 509 g/mol. The summed E-state index contributed by atoms with van der Waals surface area (Å²) in [6.07, 6.45) is 2.25. The Morgan fingerprint density at radius 2 is 1.84 bits per heavy atom. The van der Waals surface area contributed by atoms with Crippen LogP contribution in [0, 0.1) is 11.6 Å². The van der Waals surface area contributed by atoms with Crippen molar-refractivity contribution in [3.05, 3.63) is 65.4 Å². The maximum Gasteiger partial charge on any atom is 0.261 e. The number of hydrogen-bond acceptors (Lipinski definition) is 6. The Morgan fingerprint density at radius 1 is 1.05 bits per heavy atom. The molecule has 192 valence electrons. The van der Waals surface area contributed by atoms with Crippen LogP contribution < -0.4 is 16.0 Å². The number of aromatic nitrogens is 4. The van der Waals surface area contributed by atoms with Gasteiger partial charge in [0.15, 0.2) is 11.5 Å². The summed E-state index contributed by atoms with van der Waals surface area (Å²) in [5, 5.41) is 15.5. The van der Waals surface area contributed by atoms with Crippen molar-refractivity contribution in [2.24, 2.45) is 0 Å². The number of amides is 2. The first kappa shape index (κ1) is 24.5. The lowest BCUT2D eigenvalue weighted by atomic mass is 10.2. The molecular formula is C25H26F2N8O2. The van der Waals surface area contributed by atoms with E-state index < -0.39 is 23.1 Å². The molecule has 1 fully saturated rings. The number of nitrogens with zero attached hydrogens (tertiary/aromatic N) is 3. The predicted molar refractivity (Wildman–Crippen MR) is 134 cm³/mol. The number of imidazole rings is 1. The van der Waals surface area contributed by atoms with Gasteiger partial charge in [-0.2, -0.15) is 5.10 Å². The van der Waals surface area contributed by atoms with E-state index in [4.69, 9.17) is 0 Å². The van der Waals surface area contributed by atoms with Crippen molar-refractivity contribution in [1.29, 1.82) is 0 Å². The molecule has 0 atom stereocenters. The third kappa shape index (κ3) is 5.49. The average Bonchev–Trinajstić information content (AvgIpc) is 3.53. The molecule has 5 rings (SSSR count). The van der Waals surface area contributed by atoms with Crippen LogP contribution in [0.3, 0.4) is 0 Å². The number of anilines is 1. The molecular weight excluding hydrogens is 482 g/mol. The van der Waals surface area contributed by atoms with Gasteiger partial charge in [0.05, 0.1) is 16.7 Å². The topological polar surface area (TPSA) is 131 Å². The van der Waals surface area contributed by atoms with Gasteiger partial charge in [-0.15, -0.1) is 0 Å². The van der Waals surface area contributed by atoms with Crippen molar-refractivity contribution in [1.82, 2.24) is 35.7 Å². The molecule has 0 bridgehead atoms. The molecule has 12 heteroatoms. The Hall–Kier alpha value is -4.16. The van der Waals surface area contributed by atoms with E-state index >= 15 is 0 Å². The van der Waals surface area contributed by atoms with Gasteiger partial charge in [-0.25, -0.2) is 13.8 Å². The molecule has 1 saturated heterocycles. The van der Waals surface area contributed by atoms with Crippen molar-refractivity contribution in [3.8, 4) is 11.5 Å². The zero-order valence-corrected chi connectivity index (χ0v) is 19.9. The standard InChI is InChI=1S/C25H26F2N8O2/c26-16-3-1-4-17(27)21(16)25(37)33-20-14-30-34-22(20)23-31-18-6-5-15(13-19(18)32-23)24(36)29-7-2-10-35-11-8-28-9-12-35/h1,3-6,13-14,28H,2,7-12H2,(H,29,36)(H,30,34)(H,31,32)(H,33,37). The number of fused-ring (bicyclic) bond motifs is 1. The number of halogens is 2. The molecule has 0 unspecified atom stereocenters. The number of benzene rings is 2. The van der Waals surface area contributed by atoms with Crippen LogP contribution in [0.15, 0.2) is 42.6 Å². The number of piperazine rings is 1. The normalized spacial score (nSPS) is 14.1. The molecule has 3 heterocycles. The molecule has 0 spiro atoms. The lowest BCUT2D eigenvalue weighted by Crippen LogP contribution is -2.44. The number of aromatic amines is 2. The van der Waals surface area contributed by atoms with Crippen molar-refractivity contribution in [2.75, 3.05) is 44.6 Å². The third-order valence-electron chi connectivity index (χ3n) is 6.19. The fourth-order valence-electron chi connectivity index (χ4n) is 4.27. The number of nitrogens with one attached hydrogen (secondary N) is 5. The van der Waals surface area contributed by atoms with Crippen LogP contribution in [0.5, 0.6) is 0 Å². The molecule has 5 N–H and O–H groups in total. The van der Waals surface area contributed by atoms with Gasteiger partial charge < -0.3 is 25.8 Å². The van der Waals surface area contributed by atoms with Gasteiger partial charge in [-0.1, -0.05) is 6.07 Å². The van der Waals surface area contributed by atoms with Crippen LogP contribution in [0.2, 0.25) is 0 Å². The first-order chi connectivity index (χ1) is 18.0. The summed E-state index contributed by atoms with van der Waals surface area (Å²) in [6, 6.07) is 8.30. The van der Waals surface area contributed by atoms with Gasteiger partial charge in [0, 0.05) is 44.5 Å². The van der Waals surface area contributed by atoms with Crippen LogP contribution in [0.1, 0.15) is 27.1 Å². The van der Waals surface area contributed by atoms with Crippen LogP contribution in [-0.4, -0.2) is 76.1 Å². The van der Waals surface area contributed by atoms with Gasteiger partial charge >= 0.3 is 0 Å². The number of hydrogen-bond donors (Lipinski definition) is 5. The minimum Gasteiger partial charge on any atom is -0.352 e. The highest BCUT2D eigenvalue weighted by atomic mass is 19.1. The van der Waals surface area contributed by atoms with E-state index in [2.05, 4.69) is 41.0 Å². The van der Waals surface area contributed by atoms with Crippen molar-refractivity contribution < 1.29 is 18.4 Å². The molecule has 1 aliphatic rings. The van der Waals surface area contributed by atoms with Gasteiger partial charge in [-0.3, -0.25) is 14.7 Å². The highest BCUT2D eigenvalue weighted by Crippen LogP contribution is 2.27. The van der Waals surface area contributed by atoms with E-state index in [1.54, 1.807) is 18.2 Å². The minimum atomic E-state index is -0.971. The Kier molecular flexibility index (Phi) is 7.19. The van der Waals surface area contributed by atoms with Gasteiger partial charge in [0.1, 0.15) is 17.2 Å². The zero-order valence-electron chi connectivity index (χ0n) is 19.9. The van der Waals surface area contributed by atoms with E-state index in [1.807, 2.05) is 0 Å². The van der Waals surface area contributed by atoms with Crippen LogP contribution in [0.4, 0.5) is 14.5 Å². The predicted octanol–water partition coefficient (Wildman–Crippen LogP) is 2.51. The fourth-order valence-corrected chi connectivity index (χ4v) is 4.27. The second kappa shape index (κ2) is 10.8. The molecule has 2 aromatic carbocycles. The minimum absolute atomic E-state index is 0.189. The molecule has 0 aliphatic carbocycles. The molecule has 0 radical (unpaired) electrons. The van der Waals surface area contributed by atoms with Crippen LogP contribution >= 0.6 is 0 Å². The summed E-state index contributed by atoms with van der Waals surface area (Å²) in [5.74, 6) is -2.77. The summed E-state index contributed by atoms with van der Waals surface area (Å²) in [4.78, 5) is 35.1. The molecule has 0 saturated carbocycles. The van der Waals surface area contributed by atoms with Gasteiger partial charge in [0.25, 0.3) is 11.8 Å². The van der Waals surface area contributed by atoms with Crippen LogP contribution in [-0.2, 0) is 0 Å². The van der Waals surface area contributed by atoms with Crippen LogP contribution in [0.25, 0.3) is 22.6 Å². The first-order valence-electron chi connectivity index (χ1n) is 12.0. The summed E-state index contributed by atoms with van der Waals surface area (Å²) in [5.41, 5.74) is 1.41. The largest absolute Gasteiger partial charge is 0.352 e. The lowest BCUT2D eigenvalue weighted by molar-refractivity contribution is 0.0950. The monoisotopic (exact) mass is 508 g/mol. The number of rotatable bonds is 8. The van der Waals surface area contributed by atoms with Crippen molar-refractivity contribution >= 4 is 28.5 Å². The molecule has 2 amide bonds. The van der Waals surface area contributed by atoms with E-state index in [0.29, 0.717) is 29.0 Å². The number of H-pyrrole nitrogens is 2. The van der Waals surface area contributed by atoms with E-state index in [0.717, 1.165) is 51.3 Å². The van der Waals surface area contributed by atoms with Crippen molar-refractivity contribution in [3.63, 3.8) is 0 Å². The summed E-state index contributed by atoms with van der Waals surface area (Å²) in [6.45, 7) is 5.55. The molecule has 37 heavy (non-hydrogen) atoms. The third-order valence-corrected chi connectivity index (χ3v) is 6.19. The molecule has 4 aromatic rings. The first-order valence-corrected chi connectivity index (χ1v) is 12.0. The Labute approximate surface area is 210 Å². The Morgan fingerprint density at radius 3 is 2.62 bits per heavy atom. The lowest BCUT2D eigenvalue weighted by Gasteiger charge is -2.27. The molecule has 2 aromatic heterocycles. The number of carbonyl (C=O) groups excluding carboxylic acids is 2. The smallest absolute Gasteiger partial charge is 0.261 e. The van der Waals surface area contributed by atoms with Gasteiger partial charge in [-0.05, 0) is 43.3 Å². The quantitative estimate of drug-likeness (QED) is 0.233. The van der Waals surface area contributed by atoms with E-state index in [1.165, 1.54) is 12.3 Å². The summed E-state index contributed by atoms with van der Waals surface area (Å²) >= 11 is 0. The van der Waals surface area contributed by atoms with Gasteiger partial charge in [0.2, 0.25) is 0 Å². The summed E-state index contributed by atoms with van der Waals surface area (Å²) in [7, 11) is 0.